The van der Waals surface area contributed by atoms with Gasteiger partial charge in [0, 0.05) is 0 Å². The van der Waals surface area contributed by atoms with Crippen LogP contribution in [0.5, 0.6) is 5.75 Å². The van der Waals surface area contributed by atoms with Crippen LogP contribution in [0.3, 0.4) is 0 Å². The molecule has 1 aromatic rings. The van der Waals surface area contributed by atoms with E-state index in [1.807, 2.05) is 0 Å². The molecule has 0 N–H and O–H groups in total. The summed E-state index contributed by atoms with van der Waals surface area (Å²) in [5.41, 5.74) is 0.00537. The molecule has 0 radical (unpaired) electrons. The Morgan fingerprint density at radius 3 is 2.62 bits per heavy atom. The van der Waals surface area contributed by atoms with Gasteiger partial charge in [-0.25, -0.2) is 8.78 Å². The summed E-state index contributed by atoms with van der Waals surface area (Å²) in [6, 6.07) is 0.809. The SMILES string of the molecule is COc1c(C=O)cc(F)c(F)c1I. The van der Waals surface area contributed by atoms with Gasteiger partial charge in [-0.2, -0.15) is 0 Å². The summed E-state index contributed by atoms with van der Waals surface area (Å²) in [5, 5.41) is 0. The standard InChI is InChI=1S/C8H5F2IO2/c1-13-8-4(3-12)2-5(9)6(10)7(8)11/h2-3H,1H3. The fourth-order valence-corrected chi connectivity index (χ4v) is 1.68. The Hall–Kier alpha value is -0.720. The molecule has 70 valence electrons. The van der Waals surface area contributed by atoms with Crippen LogP contribution in [0.1, 0.15) is 10.4 Å². The largest absolute Gasteiger partial charge is 0.495 e. The van der Waals surface area contributed by atoms with Gasteiger partial charge in [-0.1, -0.05) is 0 Å². The van der Waals surface area contributed by atoms with Gasteiger partial charge in [0.25, 0.3) is 0 Å². The van der Waals surface area contributed by atoms with Gasteiger partial charge in [0.15, 0.2) is 17.9 Å². The number of carbonyl (C=O) groups is 1. The smallest absolute Gasteiger partial charge is 0.175 e. The van der Waals surface area contributed by atoms with E-state index in [1.165, 1.54) is 7.11 Å². The van der Waals surface area contributed by atoms with E-state index in [0.29, 0.717) is 6.29 Å². The fraction of sp³-hybridized carbons (Fsp3) is 0.125. The van der Waals surface area contributed by atoms with E-state index in [9.17, 15) is 13.6 Å². The number of benzene rings is 1. The van der Waals surface area contributed by atoms with Gasteiger partial charge in [0.1, 0.15) is 5.75 Å². The zero-order valence-corrected chi connectivity index (χ0v) is 8.76. The third-order valence-corrected chi connectivity index (χ3v) is 2.44. The Bertz CT molecular complexity index is 352. The first-order valence-electron chi connectivity index (χ1n) is 3.28. The average molecular weight is 298 g/mol. The number of hydrogen-bond acceptors (Lipinski definition) is 2. The molecule has 0 heterocycles. The molecule has 0 atom stereocenters. The van der Waals surface area contributed by atoms with Crippen LogP contribution in [-0.4, -0.2) is 13.4 Å². The minimum Gasteiger partial charge on any atom is -0.495 e. The van der Waals surface area contributed by atoms with Crippen molar-refractivity contribution < 1.29 is 18.3 Å². The lowest BCUT2D eigenvalue weighted by Crippen LogP contribution is -1.99. The molecule has 0 bridgehead atoms. The van der Waals surface area contributed by atoms with Gasteiger partial charge < -0.3 is 4.74 Å². The quantitative estimate of drug-likeness (QED) is 0.476. The van der Waals surface area contributed by atoms with Crippen molar-refractivity contribution in [2.75, 3.05) is 7.11 Å². The minimum absolute atomic E-state index is 0.00537. The van der Waals surface area contributed by atoms with Crippen molar-refractivity contribution in [3.63, 3.8) is 0 Å². The van der Waals surface area contributed by atoms with Gasteiger partial charge in [-0.15, -0.1) is 0 Å². The molecule has 0 aliphatic carbocycles. The van der Waals surface area contributed by atoms with E-state index in [-0.39, 0.29) is 14.9 Å². The molecule has 0 saturated heterocycles. The first-order valence-corrected chi connectivity index (χ1v) is 4.36. The van der Waals surface area contributed by atoms with Gasteiger partial charge in [-0.3, -0.25) is 4.79 Å². The molecule has 2 nitrogen and oxygen atoms in total. The summed E-state index contributed by atoms with van der Waals surface area (Å²) in [7, 11) is 1.29. The second-order valence-corrected chi connectivity index (χ2v) is 3.31. The Balaban J connectivity index is 3.47. The van der Waals surface area contributed by atoms with Crippen LogP contribution in [0.4, 0.5) is 8.78 Å². The van der Waals surface area contributed by atoms with Crippen LogP contribution in [0.15, 0.2) is 6.07 Å². The summed E-state index contributed by atoms with van der Waals surface area (Å²) < 4.78 is 30.4. The zero-order valence-electron chi connectivity index (χ0n) is 6.61. The van der Waals surface area contributed by atoms with E-state index >= 15 is 0 Å². The predicted octanol–water partition coefficient (Wildman–Crippen LogP) is 2.39. The molecule has 1 rings (SSSR count). The first kappa shape index (κ1) is 10.4. The number of carbonyl (C=O) groups excluding carboxylic acids is 1. The second-order valence-electron chi connectivity index (χ2n) is 2.23. The number of ether oxygens (including phenoxy) is 1. The third kappa shape index (κ3) is 1.79. The van der Waals surface area contributed by atoms with Crippen LogP contribution in [0.25, 0.3) is 0 Å². The van der Waals surface area contributed by atoms with E-state index in [1.54, 1.807) is 22.6 Å². The summed E-state index contributed by atoms with van der Waals surface area (Å²) in [4.78, 5) is 10.4. The van der Waals surface area contributed by atoms with Crippen molar-refractivity contribution in [1.29, 1.82) is 0 Å². The molecule has 0 amide bonds. The Morgan fingerprint density at radius 1 is 1.54 bits per heavy atom. The highest BCUT2D eigenvalue weighted by Gasteiger charge is 2.16. The highest BCUT2D eigenvalue weighted by molar-refractivity contribution is 14.1. The van der Waals surface area contributed by atoms with E-state index in [4.69, 9.17) is 4.74 Å². The predicted molar refractivity (Wildman–Crippen MR) is 51.0 cm³/mol. The molecule has 0 fully saturated rings. The summed E-state index contributed by atoms with van der Waals surface area (Å²) in [5.74, 6) is -1.98. The van der Waals surface area contributed by atoms with Crippen molar-refractivity contribution in [2.45, 2.75) is 0 Å². The van der Waals surface area contributed by atoms with Crippen LogP contribution in [-0.2, 0) is 0 Å². The Kier molecular flexibility index (Phi) is 3.18. The molecular formula is C8H5F2IO2. The Labute approximate surface area is 87.0 Å². The lowest BCUT2D eigenvalue weighted by atomic mass is 10.2. The van der Waals surface area contributed by atoms with Crippen molar-refractivity contribution in [2.24, 2.45) is 0 Å². The van der Waals surface area contributed by atoms with Crippen LogP contribution in [0, 0.1) is 15.2 Å². The highest BCUT2D eigenvalue weighted by Crippen LogP contribution is 2.28. The monoisotopic (exact) mass is 298 g/mol. The molecule has 13 heavy (non-hydrogen) atoms. The number of hydrogen-bond donors (Lipinski definition) is 0. The molecule has 0 aliphatic rings. The molecule has 5 heteroatoms. The summed E-state index contributed by atoms with van der Waals surface area (Å²) in [6.07, 6.45) is 0.420. The van der Waals surface area contributed by atoms with Crippen LogP contribution >= 0.6 is 22.6 Å². The maximum absolute atomic E-state index is 12.9. The van der Waals surface area contributed by atoms with Gasteiger partial charge in [-0.05, 0) is 28.7 Å². The van der Waals surface area contributed by atoms with Crippen molar-refractivity contribution in [3.8, 4) is 5.75 Å². The molecule has 0 aliphatic heterocycles. The van der Waals surface area contributed by atoms with Crippen molar-refractivity contribution >= 4 is 28.9 Å². The van der Waals surface area contributed by atoms with E-state index < -0.39 is 11.6 Å². The normalized spacial score (nSPS) is 9.85. The molecule has 0 aromatic heterocycles. The second kappa shape index (κ2) is 3.99. The highest BCUT2D eigenvalue weighted by atomic mass is 127. The minimum atomic E-state index is -1.05. The maximum atomic E-state index is 12.9. The first-order chi connectivity index (χ1) is 6.11. The topological polar surface area (TPSA) is 26.3 Å². The number of rotatable bonds is 2. The number of methoxy groups -OCH3 is 1. The van der Waals surface area contributed by atoms with E-state index in [0.717, 1.165) is 6.07 Å². The molecular weight excluding hydrogens is 293 g/mol. The number of halogens is 3. The fourth-order valence-electron chi connectivity index (χ4n) is 0.892. The molecule has 0 unspecified atom stereocenters. The third-order valence-electron chi connectivity index (χ3n) is 1.48. The molecule has 0 saturated carbocycles. The Morgan fingerprint density at radius 2 is 2.15 bits per heavy atom. The molecule has 1 aromatic carbocycles. The maximum Gasteiger partial charge on any atom is 0.175 e. The van der Waals surface area contributed by atoms with Crippen molar-refractivity contribution in [1.82, 2.24) is 0 Å². The van der Waals surface area contributed by atoms with Crippen LogP contribution in [0.2, 0.25) is 0 Å². The van der Waals surface area contributed by atoms with Gasteiger partial charge in [0.05, 0.1) is 16.2 Å². The van der Waals surface area contributed by atoms with Gasteiger partial charge in [0.2, 0.25) is 0 Å². The van der Waals surface area contributed by atoms with E-state index in [2.05, 4.69) is 0 Å². The summed E-state index contributed by atoms with van der Waals surface area (Å²) in [6.45, 7) is 0. The zero-order chi connectivity index (χ0) is 10.0. The van der Waals surface area contributed by atoms with Crippen LogP contribution < -0.4 is 4.74 Å². The summed E-state index contributed by atoms with van der Waals surface area (Å²) >= 11 is 1.58. The van der Waals surface area contributed by atoms with Crippen molar-refractivity contribution in [3.05, 3.63) is 26.8 Å². The average Bonchev–Trinajstić information content (AvgIpc) is 2.13. The lowest BCUT2D eigenvalue weighted by Gasteiger charge is -2.07. The lowest BCUT2D eigenvalue weighted by molar-refractivity contribution is 0.112. The number of aldehydes is 1. The molecule has 0 spiro atoms. The van der Waals surface area contributed by atoms with Gasteiger partial charge >= 0.3 is 0 Å².